The summed E-state index contributed by atoms with van der Waals surface area (Å²) in [5.41, 5.74) is 13.8. The Morgan fingerprint density at radius 1 is 1.36 bits per heavy atom. The predicted molar refractivity (Wildman–Crippen MR) is 150 cm³/mol. The number of amides is 1. The summed E-state index contributed by atoms with van der Waals surface area (Å²) < 4.78 is 2.35. The van der Waals surface area contributed by atoms with Gasteiger partial charge in [0.15, 0.2) is 0 Å². The maximum Gasteiger partial charge on any atom is 0.252 e. The molecule has 2 unspecified atom stereocenters. The van der Waals surface area contributed by atoms with Crippen LogP contribution in [0.5, 0.6) is 0 Å². The quantitative estimate of drug-likeness (QED) is 0.346. The monoisotopic (exact) mass is 480 g/mol. The zero-order valence-electron chi connectivity index (χ0n) is 22.0. The van der Waals surface area contributed by atoms with Gasteiger partial charge in [-0.25, -0.2) is 0 Å². The Kier molecular flexibility index (Phi) is 6.93. The molecule has 5 nitrogen and oxygen atoms in total. The van der Waals surface area contributed by atoms with Gasteiger partial charge >= 0.3 is 0 Å². The van der Waals surface area contributed by atoms with Gasteiger partial charge in [0.25, 0.3) is 5.91 Å². The van der Waals surface area contributed by atoms with Crippen molar-refractivity contribution in [3.63, 3.8) is 0 Å². The van der Waals surface area contributed by atoms with Crippen molar-refractivity contribution in [2.75, 3.05) is 0 Å². The first kappa shape index (κ1) is 25.5. The Labute approximate surface area is 214 Å². The van der Waals surface area contributed by atoms with Gasteiger partial charge in [-0.1, -0.05) is 56.9 Å². The van der Waals surface area contributed by atoms with Crippen molar-refractivity contribution in [1.82, 2.24) is 9.88 Å². The molecule has 2 atom stereocenters. The smallest absolute Gasteiger partial charge is 0.252 e. The Balaban J connectivity index is 2.23. The van der Waals surface area contributed by atoms with E-state index >= 15 is 0 Å². The van der Waals surface area contributed by atoms with Gasteiger partial charge in [0.2, 0.25) is 0 Å². The molecule has 5 heteroatoms. The number of nitrogens with one attached hydrogen (secondary N) is 1. The number of carbonyl (C=O) groups excluding carboxylic acids is 1. The normalized spacial score (nSPS) is 16.5. The second-order valence-corrected chi connectivity index (χ2v) is 9.84. The molecule has 1 aliphatic heterocycles. The maximum absolute atomic E-state index is 13.3. The lowest BCUT2D eigenvalue weighted by Gasteiger charge is -2.29. The van der Waals surface area contributed by atoms with Crippen molar-refractivity contribution in [2.24, 2.45) is 5.73 Å². The van der Waals surface area contributed by atoms with Gasteiger partial charge in [-0.2, -0.15) is 5.26 Å². The lowest BCUT2D eigenvalue weighted by molar-refractivity contribution is 0.0967. The highest BCUT2D eigenvalue weighted by molar-refractivity contribution is 6.22. The molecule has 0 saturated carbocycles. The Morgan fingerprint density at radius 3 is 2.69 bits per heavy atom. The molecule has 0 spiro atoms. The van der Waals surface area contributed by atoms with Gasteiger partial charge in [0, 0.05) is 28.9 Å². The van der Waals surface area contributed by atoms with Crippen LogP contribution in [0.2, 0.25) is 0 Å². The SMILES string of the molecule is C=C/C(C)=C(\C=C/C)c1c2c(c3c4ccccc4n(C(CC)CC(N)(C#N)CC)c3c1C)C(=O)NC2. The highest BCUT2D eigenvalue weighted by Gasteiger charge is 2.34. The third kappa shape index (κ3) is 3.86. The molecule has 1 amide bonds. The minimum atomic E-state index is -0.918. The van der Waals surface area contributed by atoms with Crippen molar-refractivity contribution in [1.29, 1.82) is 5.26 Å². The number of fused-ring (bicyclic) bond motifs is 5. The minimum absolute atomic E-state index is 0.000660. The van der Waals surface area contributed by atoms with Crippen LogP contribution in [0.15, 0.2) is 54.6 Å². The summed E-state index contributed by atoms with van der Waals surface area (Å²) in [6.45, 7) is 14.8. The predicted octanol–water partition coefficient (Wildman–Crippen LogP) is 6.85. The maximum atomic E-state index is 13.3. The molecule has 0 bridgehead atoms. The van der Waals surface area contributed by atoms with Crippen LogP contribution in [0, 0.1) is 18.3 Å². The number of hydrogen-bond acceptors (Lipinski definition) is 3. The summed E-state index contributed by atoms with van der Waals surface area (Å²) in [6.07, 6.45) is 7.93. The number of para-hydroxylation sites is 1. The summed E-state index contributed by atoms with van der Waals surface area (Å²) in [4.78, 5) is 13.3. The highest BCUT2D eigenvalue weighted by atomic mass is 16.1. The Bertz CT molecular complexity index is 1480. The van der Waals surface area contributed by atoms with E-state index in [0.717, 1.165) is 61.6 Å². The number of allylic oxidation sites excluding steroid dienone is 5. The number of nitrogens with two attached hydrogens (primary N) is 1. The van der Waals surface area contributed by atoms with Gasteiger partial charge < -0.3 is 15.6 Å². The van der Waals surface area contributed by atoms with Crippen molar-refractivity contribution >= 4 is 33.3 Å². The zero-order chi connectivity index (χ0) is 26.2. The van der Waals surface area contributed by atoms with Gasteiger partial charge in [-0.15, -0.1) is 0 Å². The largest absolute Gasteiger partial charge is 0.348 e. The van der Waals surface area contributed by atoms with Gasteiger partial charge in [-0.05, 0) is 73.9 Å². The number of hydrogen-bond donors (Lipinski definition) is 2. The standard InChI is InChI=1S/C31H36N4O/c1-7-13-22(19(5)8-2)26-20(6)29-27(28-24(26)17-34-30(28)36)23-14-11-12-15-25(23)35(29)21(9-3)16-31(33,10-4)18-32/h7-8,11-15,21H,2,9-10,16-17,33H2,1,3-6H3,(H,34,36)/b13-7-,22-19+. The van der Waals surface area contributed by atoms with Crippen LogP contribution >= 0.6 is 0 Å². The molecular weight excluding hydrogens is 444 g/mol. The second kappa shape index (κ2) is 9.79. The molecule has 0 radical (unpaired) electrons. The first-order valence-corrected chi connectivity index (χ1v) is 12.8. The number of aromatic nitrogens is 1. The molecule has 0 aliphatic carbocycles. The van der Waals surface area contributed by atoms with Crippen LogP contribution in [-0.2, 0) is 6.54 Å². The number of nitrogens with zero attached hydrogens (tertiary/aromatic N) is 2. The van der Waals surface area contributed by atoms with Crippen LogP contribution in [-0.4, -0.2) is 16.0 Å². The Morgan fingerprint density at radius 2 is 2.08 bits per heavy atom. The fourth-order valence-electron chi connectivity index (χ4n) is 5.73. The molecule has 3 aromatic rings. The molecule has 36 heavy (non-hydrogen) atoms. The summed E-state index contributed by atoms with van der Waals surface area (Å²) in [6, 6.07) is 10.6. The van der Waals surface area contributed by atoms with E-state index in [1.54, 1.807) is 0 Å². The topological polar surface area (TPSA) is 83.8 Å². The molecule has 2 heterocycles. The number of nitriles is 1. The van der Waals surface area contributed by atoms with Crippen LogP contribution < -0.4 is 11.1 Å². The molecule has 4 rings (SSSR count). The molecule has 186 valence electrons. The fourth-order valence-corrected chi connectivity index (χ4v) is 5.73. The molecule has 3 N–H and O–H groups in total. The van der Waals surface area contributed by atoms with E-state index in [0.29, 0.717) is 19.4 Å². The molecule has 0 saturated heterocycles. The van der Waals surface area contributed by atoms with Crippen molar-refractivity contribution in [3.8, 4) is 6.07 Å². The summed E-state index contributed by atoms with van der Waals surface area (Å²) in [5, 5.41) is 15.0. The summed E-state index contributed by atoms with van der Waals surface area (Å²) in [7, 11) is 0. The van der Waals surface area contributed by atoms with E-state index in [-0.39, 0.29) is 11.9 Å². The number of benzene rings is 2. The van der Waals surface area contributed by atoms with E-state index in [4.69, 9.17) is 5.73 Å². The van der Waals surface area contributed by atoms with Crippen LogP contribution in [0.4, 0.5) is 0 Å². The Hall–Kier alpha value is -3.62. The minimum Gasteiger partial charge on any atom is -0.348 e. The first-order chi connectivity index (χ1) is 17.3. The average Bonchev–Trinajstić information content (AvgIpc) is 3.44. The van der Waals surface area contributed by atoms with E-state index in [2.05, 4.69) is 61.5 Å². The van der Waals surface area contributed by atoms with Gasteiger partial charge in [0.1, 0.15) is 5.54 Å². The van der Waals surface area contributed by atoms with Gasteiger partial charge in [0.05, 0.1) is 17.1 Å². The van der Waals surface area contributed by atoms with E-state index in [1.807, 2.05) is 38.1 Å². The third-order valence-corrected chi connectivity index (χ3v) is 7.77. The van der Waals surface area contributed by atoms with Crippen molar-refractivity contribution < 1.29 is 4.79 Å². The molecule has 2 aromatic carbocycles. The second-order valence-electron chi connectivity index (χ2n) is 9.84. The molecule has 0 fully saturated rings. The van der Waals surface area contributed by atoms with E-state index in [9.17, 15) is 10.1 Å². The van der Waals surface area contributed by atoms with Crippen LogP contribution in [0.1, 0.15) is 80.0 Å². The fraction of sp³-hybridized carbons (Fsp3) is 0.355. The lowest BCUT2D eigenvalue weighted by atomic mass is 9.86. The number of aryl methyl sites for hydroxylation is 1. The third-order valence-electron chi connectivity index (χ3n) is 7.77. The molecular formula is C31H36N4O. The average molecular weight is 481 g/mol. The van der Waals surface area contributed by atoms with Crippen molar-refractivity contribution in [2.45, 2.75) is 72.0 Å². The van der Waals surface area contributed by atoms with Crippen LogP contribution in [0.3, 0.4) is 0 Å². The number of rotatable bonds is 8. The molecule has 1 aliphatic rings. The zero-order valence-corrected chi connectivity index (χ0v) is 22.0. The summed E-state index contributed by atoms with van der Waals surface area (Å²) in [5.74, 6) is -0.0398. The van der Waals surface area contributed by atoms with E-state index < -0.39 is 5.54 Å². The van der Waals surface area contributed by atoms with Gasteiger partial charge in [-0.3, -0.25) is 4.79 Å². The van der Waals surface area contributed by atoms with Crippen molar-refractivity contribution in [3.05, 3.63) is 76.9 Å². The van der Waals surface area contributed by atoms with Crippen LogP contribution in [0.25, 0.3) is 27.4 Å². The number of carbonyl (C=O) groups is 1. The molecule has 1 aromatic heterocycles. The lowest BCUT2D eigenvalue weighted by Crippen LogP contribution is -2.39. The summed E-state index contributed by atoms with van der Waals surface area (Å²) >= 11 is 0. The highest BCUT2D eigenvalue weighted by Crippen LogP contribution is 2.45. The van der Waals surface area contributed by atoms with E-state index in [1.165, 1.54) is 0 Å². The first-order valence-electron chi connectivity index (χ1n) is 12.8.